The second-order valence-corrected chi connectivity index (χ2v) is 4.55. The predicted molar refractivity (Wildman–Crippen MR) is 76.4 cm³/mol. The van der Waals surface area contributed by atoms with Crippen molar-refractivity contribution in [1.29, 1.82) is 0 Å². The highest BCUT2D eigenvalue weighted by molar-refractivity contribution is 5.40. The van der Waals surface area contributed by atoms with E-state index >= 15 is 0 Å². The van der Waals surface area contributed by atoms with E-state index < -0.39 is 0 Å². The third kappa shape index (κ3) is 6.16. The first-order chi connectivity index (χ1) is 8.99. The van der Waals surface area contributed by atoms with E-state index in [4.69, 9.17) is 10.5 Å². The Bertz CT molecular complexity index is 383. The lowest BCUT2D eigenvalue weighted by molar-refractivity contribution is 0.126. The molecule has 0 fully saturated rings. The van der Waals surface area contributed by atoms with Gasteiger partial charge in [-0.05, 0) is 14.1 Å². The minimum absolute atomic E-state index is 0.203. The summed E-state index contributed by atoms with van der Waals surface area (Å²) in [5.41, 5.74) is 5.62. The topological polar surface area (TPSA) is 92.4 Å². The van der Waals surface area contributed by atoms with Crippen LogP contribution in [0.2, 0.25) is 0 Å². The van der Waals surface area contributed by atoms with Crippen molar-refractivity contribution in [1.82, 2.24) is 19.9 Å². The van der Waals surface area contributed by atoms with E-state index in [1.165, 1.54) is 0 Å². The summed E-state index contributed by atoms with van der Waals surface area (Å²) in [5.74, 6) is 1.20. The summed E-state index contributed by atoms with van der Waals surface area (Å²) in [6, 6.07) is 0. The van der Waals surface area contributed by atoms with Crippen molar-refractivity contribution < 1.29 is 4.74 Å². The molecular weight excluding hydrogens is 246 g/mol. The highest BCUT2D eigenvalue weighted by atomic mass is 16.5. The number of rotatable bonds is 8. The predicted octanol–water partition coefficient (Wildman–Crippen LogP) is -0.490. The first kappa shape index (κ1) is 15.4. The molecule has 8 heteroatoms. The molecule has 19 heavy (non-hydrogen) atoms. The highest BCUT2D eigenvalue weighted by Gasteiger charge is 2.05. The van der Waals surface area contributed by atoms with Crippen molar-refractivity contribution in [3.8, 4) is 0 Å². The van der Waals surface area contributed by atoms with E-state index in [9.17, 15) is 0 Å². The Labute approximate surface area is 114 Å². The van der Waals surface area contributed by atoms with E-state index in [-0.39, 0.29) is 5.95 Å². The van der Waals surface area contributed by atoms with Gasteiger partial charge in [-0.25, -0.2) is 0 Å². The fourth-order valence-corrected chi connectivity index (χ4v) is 1.24. The molecule has 0 amide bonds. The first-order valence-electron chi connectivity index (χ1n) is 6.14. The number of likely N-dealkylation sites (N-methyl/N-ethyl adjacent to an activating group) is 1. The van der Waals surface area contributed by atoms with Crippen molar-refractivity contribution in [2.75, 3.05) is 70.4 Å². The van der Waals surface area contributed by atoms with E-state index in [1.54, 1.807) is 4.90 Å². The molecule has 1 aromatic rings. The molecule has 0 radical (unpaired) electrons. The van der Waals surface area contributed by atoms with Gasteiger partial charge in [-0.1, -0.05) is 0 Å². The Morgan fingerprint density at radius 2 is 1.84 bits per heavy atom. The number of nitrogens with zero attached hydrogens (tertiary/aromatic N) is 5. The maximum Gasteiger partial charge on any atom is 0.231 e. The molecule has 1 aromatic heterocycles. The van der Waals surface area contributed by atoms with Crippen LogP contribution in [-0.4, -0.2) is 74.3 Å². The van der Waals surface area contributed by atoms with Crippen LogP contribution in [0.15, 0.2) is 0 Å². The van der Waals surface area contributed by atoms with E-state index in [2.05, 4.69) is 25.2 Å². The van der Waals surface area contributed by atoms with Crippen LogP contribution in [0.1, 0.15) is 0 Å². The number of ether oxygens (including phenoxy) is 1. The van der Waals surface area contributed by atoms with Gasteiger partial charge in [0.05, 0.1) is 13.2 Å². The maximum absolute atomic E-state index is 5.62. The zero-order chi connectivity index (χ0) is 14.3. The van der Waals surface area contributed by atoms with Crippen molar-refractivity contribution in [3.05, 3.63) is 0 Å². The van der Waals surface area contributed by atoms with Crippen molar-refractivity contribution in [2.45, 2.75) is 0 Å². The molecule has 0 saturated carbocycles. The lowest BCUT2D eigenvalue weighted by Crippen LogP contribution is -2.21. The highest BCUT2D eigenvalue weighted by Crippen LogP contribution is 2.08. The number of nitrogens with one attached hydrogen (secondary N) is 1. The van der Waals surface area contributed by atoms with Crippen LogP contribution in [0, 0.1) is 0 Å². The summed E-state index contributed by atoms with van der Waals surface area (Å²) in [5, 5.41) is 3.06. The number of nitrogens with two attached hydrogens (primary N) is 1. The summed E-state index contributed by atoms with van der Waals surface area (Å²) >= 11 is 0. The van der Waals surface area contributed by atoms with Gasteiger partial charge in [0.15, 0.2) is 0 Å². The lowest BCUT2D eigenvalue weighted by Gasteiger charge is -2.12. The Balaban J connectivity index is 2.33. The maximum atomic E-state index is 5.62. The molecule has 0 unspecified atom stereocenters. The standard InChI is InChI=1S/C11H23N7O/c1-17(2)6-8-19-7-5-13-10-14-9(12)15-11(16-10)18(3)4/h5-8H2,1-4H3,(H3,12,13,14,15,16). The Morgan fingerprint density at radius 1 is 1.11 bits per heavy atom. The van der Waals surface area contributed by atoms with Gasteiger partial charge < -0.3 is 25.6 Å². The smallest absolute Gasteiger partial charge is 0.231 e. The fraction of sp³-hybridized carbons (Fsp3) is 0.727. The molecule has 3 N–H and O–H groups in total. The largest absolute Gasteiger partial charge is 0.378 e. The zero-order valence-corrected chi connectivity index (χ0v) is 12.1. The minimum atomic E-state index is 0.203. The summed E-state index contributed by atoms with van der Waals surface area (Å²) in [4.78, 5) is 16.1. The van der Waals surface area contributed by atoms with E-state index in [0.717, 1.165) is 6.54 Å². The fourth-order valence-electron chi connectivity index (χ4n) is 1.24. The first-order valence-corrected chi connectivity index (χ1v) is 6.14. The van der Waals surface area contributed by atoms with Crippen molar-refractivity contribution in [3.63, 3.8) is 0 Å². The Kier molecular flexibility index (Phi) is 6.23. The average molecular weight is 269 g/mol. The number of nitrogen functional groups attached to an aromatic ring is 1. The van der Waals surface area contributed by atoms with Crippen LogP contribution < -0.4 is 16.0 Å². The van der Waals surface area contributed by atoms with Gasteiger partial charge in [-0.3, -0.25) is 0 Å². The molecule has 0 saturated heterocycles. The Hall–Kier alpha value is -1.67. The lowest BCUT2D eigenvalue weighted by atomic mass is 10.6. The second-order valence-electron chi connectivity index (χ2n) is 4.55. The summed E-state index contributed by atoms with van der Waals surface area (Å²) in [6.07, 6.45) is 0. The van der Waals surface area contributed by atoms with E-state index in [0.29, 0.717) is 31.7 Å². The molecule has 1 heterocycles. The zero-order valence-electron chi connectivity index (χ0n) is 12.1. The average Bonchev–Trinajstić information content (AvgIpc) is 2.32. The van der Waals surface area contributed by atoms with Gasteiger partial charge in [-0.2, -0.15) is 15.0 Å². The molecule has 108 valence electrons. The molecule has 0 aromatic carbocycles. The third-order valence-electron chi connectivity index (χ3n) is 2.25. The molecule has 0 bridgehead atoms. The molecule has 0 spiro atoms. The second kappa shape index (κ2) is 7.70. The van der Waals surface area contributed by atoms with Gasteiger partial charge in [-0.15, -0.1) is 0 Å². The van der Waals surface area contributed by atoms with Gasteiger partial charge in [0.1, 0.15) is 0 Å². The van der Waals surface area contributed by atoms with Crippen LogP contribution in [0.3, 0.4) is 0 Å². The number of hydrogen-bond donors (Lipinski definition) is 2. The van der Waals surface area contributed by atoms with E-state index in [1.807, 2.05) is 28.2 Å². The normalized spacial score (nSPS) is 10.8. The summed E-state index contributed by atoms with van der Waals surface area (Å²) < 4.78 is 5.46. The van der Waals surface area contributed by atoms with Crippen LogP contribution in [0.5, 0.6) is 0 Å². The summed E-state index contributed by atoms with van der Waals surface area (Å²) in [7, 11) is 7.72. The molecule has 0 atom stereocenters. The van der Waals surface area contributed by atoms with Gasteiger partial charge >= 0.3 is 0 Å². The molecule has 0 aliphatic carbocycles. The monoisotopic (exact) mass is 269 g/mol. The minimum Gasteiger partial charge on any atom is -0.378 e. The third-order valence-corrected chi connectivity index (χ3v) is 2.25. The van der Waals surface area contributed by atoms with Crippen molar-refractivity contribution >= 4 is 17.8 Å². The Morgan fingerprint density at radius 3 is 2.47 bits per heavy atom. The molecule has 1 rings (SSSR count). The SMILES string of the molecule is CN(C)CCOCCNc1nc(N)nc(N(C)C)n1. The number of aromatic nitrogens is 3. The van der Waals surface area contributed by atoms with Gasteiger partial charge in [0, 0.05) is 27.2 Å². The van der Waals surface area contributed by atoms with Crippen LogP contribution in [-0.2, 0) is 4.74 Å². The molecular formula is C11H23N7O. The number of hydrogen-bond acceptors (Lipinski definition) is 8. The van der Waals surface area contributed by atoms with Gasteiger partial charge in [0.25, 0.3) is 0 Å². The molecule has 8 nitrogen and oxygen atoms in total. The number of anilines is 3. The quantitative estimate of drug-likeness (QED) is 0.611. The molecule has 0 aliphatic rings. The van der Waals surface area contributed by atoms with Crippen LogP contribution >= 0.6 is 0 Å². The summed E-state index contributed by atoms with van der Waals surface area (Å²) in [6.45, 7) is 2.83. The van der Waals surface area contributed by atoms with Crippen molar-refractivity contribution in [2.24, 2.45) is 0 Å². The van der Waals surface area contributed by atoms with Crippen LogP contribution in [0.25, 0.3) is 0 Å². The van der Waals surface area contributed by atoms with Gasteiger partial charge in [0.2, 0.25) is 17.8 Å². The van der Waals surface area contributed by atoms with Crippen LogP contribution in [0.4, 0.5) is 17.8 Å². The molecule has 0 aliphatic heterocycles.